The van der Waals surface area contributed by atoms with E-state index >= 15 is 0 Å². The highest BCUT2D eigenvalue weighted by Gasteiger charge is 2.40. The van der Waals surface area contributed by atoms with Crippen molar-refractivity contribution < 1.29 is 14.3 Å². The number of esters is 1. The molecule has 0 aromatic carbocycles. The van der Waals surface area contributed by atoms with E-state index in [1.54, 1.807) is 0 Å². The van der Waals surface area contributed by atoms with Gasteiger partial charge in [-0.15, -0.1) is 0 Å². The van der Waals surface area contributed by atoms with Crippen LogP contribution in [-0.4, -0.2) is 46.7 Å². The normalized spacial score (nSPS) is 23.9. The number of unbranched alkanes of at least 4 members (excludes halogenated alkanes) is 1. The smallest absolute Gasteiger partial charge is 0.323 e. The van der Waals surface area contributed by atoms with E-state index in [1.807, 2.05) is 20.8 Å². The predicted molar refractivity (Wildman–Crippen MR) is 83.0 cm³/mol. The SMILES string of the molecule is CCCCN1CC(C(=O)CBr)CC1C(=O)OC(C)(C)C. The number of rotatable bonds is 6. The summed E-state index contributed by atoms with van der Waals surface area (Å²) in [6.45, 7) is 9.27. The summed E-state index contributed by atoms with van der Waals surface area (Å²) in [6.07, 6.45) is 2.70. The maximum absolute atomic E-state index is 12.3. The first-order chi connectivity index (χ1) is 9.28. The van der Waals surface area contributed by atoms with Gasteiger partial charge in [0.15, 0.2) is 0 Å². The molecule has 2 atom stereocenters. The Labute approximate surface area is 130 Å². The van der Waals surface area contributed by atoms with Gasteiger partial charge in [-0.1, -0.05) is 29.3 Å². The Bertz CT molecular complexity index is 352. The van der Waals surface area contributed by atoms with Gasteiger partial charge in [0.2, 0.25) is 0 Å². The molecule has 0 amide bonds. The number of ketones is 1. The minimum absolute atomic E-state index is 0.0521. The van der Waals surface area contributed by atoms with E-state index in [1.165, 1.54) is 0 Å². The van der Waals surface area contributed by atoms with E-state index in [4.69, 9.17) is 4.74 Å². The number of nitrogens with zero attached hydrogens (tertiary/aromatic N) is 1. The third-order valence-corrected chi connectivity index (χ3v) is 4.02. The summed E-state index contributed by atoms with van der Waals surface area (Å²) < 4.78 is 5.49. The van der Waals surface area contributed by atoms with E-state index in [2.05, 4.69) is 27.8 Å². The van der Waals surface area contributed by atoms with E-state index < -0.39 is 5.60 Å². The highest BCUT2D eigenvalue weighted by molar-refractivity contribution is 9.09. The van der Waals surface area contributed by atoms with E-state index in [0.29, 0.717) is 18.3 Å². The molecule has 1 rings (SSSR count). The number of Topliss-reactive ketones (excluding diaryl/α,β-unsaturated/α-hetero) is 1. The molecule has 5 heteroatoms. The van der Waals surface area contributed by atoms with Crippen LogP contribution in [0.15, 0.2) is 0 Å². The standard InChI is InChI=1S/C15H26BrNO3/c1-5-6-7-17-10-11(13(18)9-16)8-12(17)14(19)20-15(2,3)4/h11-12H,5-10H2,1-4H3. The Morgan fingerprint density at radius 1 is 1.35 bits per heavy atom. The zero-order chi connectivity index (χ0) is 15.3. The fourth-order valence-electron chi connectivity index (χ4n) is 2.47. The van der Waals surface area contributed by atoms with Crippen molar-refractivity contribution in [3.8, 4) is 0 Å². The number of carbonyl (C=O) groups is 2. The lowest BCUT2D eigenvalue weighted by molar-refractivity contribution is -0.160. The van der Waals surface area contributed by atoms with Crippen molar-refractivity contribution >= 4 is 27.7 Å². The topological polar surface area (TPSA) is 46.6 Å². The van der Waals surface area contributed by atoms with Crippen LogP contribution in [0.1, 0.15) is 47.0 Å². The van der Waals surface area contributed by atoms with Gasteiger partial charge in [0.25, 0.3) is 0 Å². The molecule has 0 radical (unpaired) electrons. The van der Waals surface area contributed by atoms with Gasteiger partial charge in [-0.25, -0.2) is 0 Å². The fraction of sp³-hybridized carbons (Fsp3) is 0.867. The second-order valence-electron chi connectivity index (χ2n) is 6.43. The molecule has 0 aliphatic carbocycles. The van der Waals surface area contributed by atoms with Crippen molar-refractivity contribution in [2.75, 3.05) is 18.4 Å². The number of hydrogen-bond donors (Lipinski definition) is 0. The lowest BCUT2D eigenvalue weighted by Gasteiger charge is -2.27. The minimum Gasteiger partial charge on any atom is -0.459 e. The van der Waals surface area contributed by atoms with Crippen molar-refractivity contribution in [2.45, 2.75) is 58.6 Å². The number of hydrogen-bond acceptors (Lipinski definition) is 4. The highest BCUT2D eigenvalue weighted by atomic mass is 79.9. The molecule has 0 bridgehead atoms. The van der Waals surface area contributed by atoms with Crippen LogP contribution in [0.3, 0.4) is 0 Å². The zero-order valence-corrected chi connectivity index (χ0v) is 14.5. The van der Waals surface area contributed by atoms with Crippen LogP contribution in [0.5, 0.6) is 0 Å². The van der Waals surface area contributed by atoms with Crippen molar-refractivity contribution in [3.05, 3.63) is 0 Å². The van der Waals surface area contributed by atoms with Crippen LogP contribution in [-0.2, 0) is 14.3 Å². The molecule has 4 nitrogen and oxygen atoms in total. The molecule has 116 valence electrons. The van der Waals surface area contributed by atoms with Gasteiger partial charge in [-0.2, -0.15) is 0 Å². The largest absolute Gasteiger partial charge is 0.459 e. The number of ether oxygens (including phenoxy) is 1. The highest BCUT2D eigenvalue weighted by Crippen LogP contribution is 2.27. The summed E-state index contributed by atoms with van der Waals surface area (Å²) in [6, 6.07) is -0.270. The van der Waals surface area contributed by atoms with Gasteiger partial charge in [0.05, 0.1) is 5.33 Å². The predicted octanol–water partition coefficient (Wildman–Crippen LogP) is 2.78. The van der Waals surface area contributed by atoms with Crippen molar-refractivity contribution in [3.63, 3.8) is 0 Å². The number of likely N-dealkylation sites (tertiary alicyclic amines) is 1. The van der Waals surface area contributed by atoms with E-state index in [0.717, 1.165) is 19.4 Å². The molecular weight excluding hydrogens is 322 g/mol. The summed E-state index contributed by atoms with van der Waals surface area (Å²) in [5.74, 6) is -0.0696. The average molecular weight is 348 g/mol. The monoisotopic (exact) mass is 347 g/mol. The molecule has 0 spiro atoms. The Morgan fingerprint density at radius 2 is 2.00 bits per heavy atom. The lowest BCUT2D eigenvalue weighted by Crippen LogP contribution is -2.40. The summed E-state index contributed by atoms with van der Waals surface area (Å²) in [7, 11) is 0. The van der Waals surface area contributed by atoms with Crippen LogP contribution >= 0.6 is 15.9 Å². The Kier molecular flexibility index (Phi) is 6.65. The van der Waals surface area contributed by atoms with Crippen LogP contribution in [0.2, 0.25) is 0 Å². The van der Waals surface area contributed by atoms with Gasteiger partial charge in [0.1, 0.15) is 17.4 Å². The van der Waals surface area contributed by atoms with E-state index in [-0.39, 0.29) is 23.7 Å². The van der Waals surface area contributed by atoms with Crippen molar-refractivity contribution in [1.82, 2.24) is 4.90 Å². The first-order valence-corrected chi connectivity index (χ1v) is 8.46. The third-order valence-electron chi connectivity index (χ3n) is 3.47. The second kappa shape index (κ2) is 7.55. The van der Waals surface area contributed by atoms with Crippen LogP contribution < -0.4 is 0 Å². The van der Waals surface area contributed by atoms with Crippen molar-refractivity contribution in [1.29, 1.82) is 0 Å². The van der Waals surface area contributed by atoms with Gasteiger partial charge in [0, 0.05) is 12.5 Å². The molecule has 20 heavy (non-hydrogen) atoms. The molecule has 0 saturated carbocycles. The first kappa shape index (κ1) is 17.6. The van der Waals surface area contributed by atoms with Gasteiger partial charge >= 0.3 is 5.97 Å². The van der Waals surface area contributed by atoms with Crippen LogP contribution in [0, 0.1) is 5.92 Å². The third kappa shape index (κ3) is 5.17. The van der Waals surface area contributed by atoms with E-state index in [9.17, 15) is 9.59 Å². The first-order valence-electron chi connectivity index (χ1n) is 7.34. The zero-order valence-electron chi connectivity index (χ0n) is 12.9. The average Bonchev–Trinajstić information content (AvgIpc) is 2.77. The number of carbonyl (C=O) groups excluding carboxylic acids is 2. The molecule has 2 unspecified atom stereocenters. The summed E-state index contributed by atoms with van der Waals surface area (Å²) in [5.41, 5.74) is -0.481. The van der Waals surface area contributed by atoms with Crippen LogP contribution in [0.4, 0.5) is 0 Å². The Morgan fingerprint density at radius 3 is 2.50 bits per heavy atom. The summed E-state index contributed by atoms with van der Waals surface area (Å²) in [5, 5.41) is 0.361. The van der Waals surface area contributed by atoms with Gasteiger partial charge in [-0.3, -0.25) is 14.5 Å². The quantitative estimate of drug-likeness (QED) is 0.547. The maximum Gasteiger partial charge on any atom is 0.323 e. The van der Waals surface area contributed by atoms with Crippen LogP contribution in [0.25, 0.3) is 0 Å². The molecule has 0 aromatic rings. The molecule has 0 N–H and O–H groups in total. The molecule has 1 aliphatic rings. The Hall–Kier alpha value is -0.420. The molecule has 0 aromatic heterocycles. The Balaban J connectivity index is 2.73. The second-order valence-corrected chi connectivity index (χ2v) is 6.99. The minimum atomic E-state index is -0.481. The molecular formula is C15H26BrNO3. The van der Waals surface area contributed by atoms with Gasteiger partial charge in [-0.05, 0) is 40.2 Å². The lowest BCUT2D eigenvalue weighted by atomic mass is 10.0. The van der Waals surface area contributed by atoms with Gasteiger partial charge < -0.3 is 4.74 Å². The fourth-order valence-corrected chi connectivity index (χ4v) is 2.93. The summed E-state index contributed by atoms with van der Waals surface area (Å²) >= 11 is 3.22. The molecule has 1 aliphatic heterocycles. The molecule has 1 heterocycles. The molecule has 1 saturated heterocycles. The maximum atomic E-state index is 12.3. The summed E-state index contributed by atoms with van der Waals surface area (Å²) in [4.78, 5) is 26.3. The molecule has 1 fully saturated rings. The number of alkyl halides is 1. The van der Waals surface area contributed by atoms with Crippen molar-refractivity contribution in [2.24, 2.45) is 5.92 Å². The number of halogens is 1.